The molecule has 1 aliphatic heterocycles. The molecule has 10 heteroatoms. The third-order valence-electron chi connectivity index (χ3n) is 8.92. The Bertz CT molecular complexity index is 1050. The van der Waals surface area contributed by atoms with Gasteiger partial charge in [0.2, 0.25) is 0 Å². The van der Waals surface area contributed by atoms with Crippen molar-refractivity contribution in [2.45, 2.75) is 179 Å². The lowest BCUT2D eigenvalue weighted by Crippen LogP contribution is -2.59. The Morgan fingerprint density at radius 3 is 1.66 bits per heavy atom. The predicted octanol–water partition coefficient (Wildman–Crippen LogP) is 7.88. The van der Waals surface area contributed by atoms with E-state index in [9.17, 15) is 30.0 Å². The zero-order chi connectivity index (χ0) is 38.8. The second kappa shape index (κ2) is 33.9. The monoisotopic (exact) mass is 749 g/mol. The first-order chi connectivity index (χ1) is 25.8. The maximum absolute atomic E-state index is 12.7. The molecular formula is C43H72O10. The number of allylic oxidation sites excluding steroid dienone is 10. The van der Waals surface area contributed by atoms with E-state index in [2.05, 4.69) is 68.5 Å². The maximum Gasteiger partial charge on any atom is 0.306 e. The lowest BCUT2D eigenvalue weighted by atomic mass is 9.99. The molecule has 0 aliphatic carbocycles. The number of ether oxygens (including phenoxy) is 4. The van der Waals surface area contributed by atoms with Crippen molar-refractivity contribution in [2.24, 2.45) is 0 Å². The summed E-state index contributed by atoms with van der Waals surface area (Å²) in [4.78, 5) is 25.2. The fraction of sp³-hybridized carbons (Fsp3) is 0.721. The van der Waals surface area contributed by atoms with Crippen molar-refractivity contribution in [1.29, 1.82) is 0 Å². The van der Waals surface area contributed by atoms with Gasteiger partial charge in [0.05, 0.1) is 13.2 Å². The third kappa shape index (κ3) is 25.9. The highest BCUT2D eigenvalue weighted by molar-refractivity contribution is 5.70. The Morgan fingerprint density at radius 1 is 0.604 bits per heavy atom. The predicted molar refractivity (Wildman–Crippen MR) is 210 cm³/mol. The van der Waals surface area contributed by atoms with Gasteiger partial charge in [-0.3, -0.25) is 9.59 Å². The first kappa shape index (κ1) is 48.4. The zero-order valence-electron chi connectivity index (χ0n) is 32.7. The molecule has 4 N–H and O–H groups in total. The van der Waals surface area contributed by atoms with Crippen LogP contribution < -0.4 is 0 Å². The van der Waals surface area contributed by atoms with Gasteiger partial charge in [-0.15, -0.1) is 0 Å². The maximum atomic E-state index is 12.7. The van der Waals surface area contributed by atoms with E-state index in [0.29, 0.717) is 12.8 Å². The summed E-state index contributed by atoms with van der Waals surface area (Å²) in [5.74, 6) is -0.880. The van der Waals surface area contributed by atoms with Crippen molar-refractivity contribution in [3.05, 3.63) is 60.8 Å². The van der Waals surface area contributed by atoms with E-state index in [4.69, 9.17) is 18.9 Å². The minimum atomic E-state index is -1.60. The van der Waals surface area contributed by atoms with E-state index in [1.165, 1.54) is 44.9 Å². The van der Waals surface area contributed by atoms with E-state index in [-0.39, 0.29) is 26.1 Å². The van der Waals surface area contributed by atoms with Gasteiger partial charge in [-0.25, -0.2) is 0 Å². The summed E-state index contributed by atoms with van der Waals surface area (Å²) in [6.07, 6.45) is 32.4. The zero-order valence-corrected chi connectivity index (χ0v) is 32.7. The van der Waals surface area contributed by atoms with Crippen molar-refractivity contribution in [1.82, 2.24) is 0 Å². The van der Waals surface area contributed by atoms with Gasteiger partial charge >= 0.3 is 11.9 Å². The van der Waals surface area contributed by atoms with Crippen molar-refractivity contribution >= 4 is 11.9 Å². The largest absolute Gasteiger partial charge is 0.462 e. The summed E-state index contributed by atoms with van der Waals surface area (Å²) in [6.45, 7) is 3.22. The summed E-state index contributed by atoms with van der Waals surface area (Å²) in [5.41, 5.74) is 0. The minimum Gasteiger partial charge on any atom is -0.462 e. The van der Waals surface area contributed by atoms with Crippen molar-refractivity contribution in [3.63, 3.8) is 0 Å². The second-order valence-corrected chi connectivity index (χ2v) is 13.7. The van der Waals surface area contributed by atoms with Crippen LogP contribution in [0.5, 0.6) is 0 Å². The van der Waals surface area contributed by atoms with E-state index in [1.807, 2.05) is 6.08 Å². The number of aliphatic hydroxyl groups is 4. The van der Waals surface area contributed by atoms with Crippen molar-refractivity contribution < 1.29 is 49.0 Å². The molecule has 0 radical (unpaired) electrons. The van der Waals surface area contributed by atoms with Gasteiger partial charge < -0.3 is 39.4 Å². The lowest BCUT2D eigenvalue weighted by molar-refractivity contribution is -0.305. The Labute approximate surface area is 320 Å². The van der Waals surface area contributed by atoms with Gasteiger partial charge in [0.1, 0.15) is 31.0 Å². The lowest BCUT2D eigenvalue weighted by Gasteiger charge is -2.39. The molecule has 1 saturated heterocycles. The molecule has 0 aromatic heterocycles. The molecule has 0 aromatic carbocycles. The standard InChI is InChI=1S/C43H72O10/c1-3-5-7-9-11-13-15-16-17-18-19-20-22-23-25-27-29-31-38(45)50-34-36(35-51-43-42(49)41(48)40(47)37(33-44)53-43)52-39(46)32-30-28-26-24-21-14-12-10-8-6-4-2/h5,7,11,13,16-17,19-20,23,25,36-37,40-44,47-49H,3-4,6,8-10,12,14-15,18,21-22,24,26-35H2,1-2H3/b7-5-,13-11-,17-16-,20-19-,25-23-/t36-,37-,40+,41+,42-,43-/m1/s1. The molecule has 0 saturated carbocycles. The van der Waals surface area contributed by atoms with Crippen LogP contribution in [0.4, 0.5) is 0 Å². The highest BCUT2D eigenvalue weighted by atomic mass is 16.7. The molecule has 0 amide bonds. The van der Waals surface area contributed by atoms with E-state index >= 15 is 0 Å². The van der Waals surface area contributed by atoms with Crippen LogP contribution in [0.15, 0.2) is 60.8 Å². The number of unbranched alkanes of at least 4 members (excludes halogenated alkanes) is 11. The molecule has 1 heterocycles. The molecule has 1 fully saturated rings. The quantitative estimate of drug-likeness (QED) is 0.0304. The highest BCUT2D eigenvalue weighted by Gasteiger charge is 2.44. The number of rotatable bonds is 32. The van der Waals surface area contributed by atoms with Gasteiger partial charge in [0, 0.05) is 12.8 Å². The van der Waals surface area contributed by atoms with Crippen LogP contribution in [0, 0.1) is 0 Å². The van der Waals surface area contributed by atoms with Gasteiger partial charge in [-0.05, 0) is 51.4 Å². The summed E-state index contributed by atoms with van der Waals surface area (Å²) in [7, 11) is 0. The highest BCUT2D eigenvalue weighted by Crippen LogP contribution is 2.22. The first-order valence-corrected chi connectivity index (χ1v) is 20.4. The summed E-state index contributed by atoms with van der Waals surface area (Å²) in [5, 5.41) is 39.9. The molecule has 1 aliphatic rings. The molecule has 0 bridgehead atoms. The smallest absolute Gasteiger partial charge is 0.306 e. The van der Waals surface area contributed by atoms with Crippen molar-refractivity contribution in [3.8, 4) is 0 Å². The molecule has 0 unspecified atom stereocenters. The Morgan fingerprint density at radius 2 is 1.11 bits per heavy atom. The summed E-state index contributed by atoms with van der Waals surface area (Å²) < 4.78 is 22.0. The SMILES string of the molecule is CC/C=C\C/C=C\C/C=C\C/C=C\C/C=C\CCCC(=O)OC[C@H](CO[C@@H]1O[C@H](CO)[C@H](O)[C@H](O)[C@H]1O)OC(=O)CCCCCCCCCCCCC. The van der Waals surface area contributed by atoms with E-state index in [1.54, 1.807) is 0 Å². The Balaban J connectivity index is 2.42. The number of carbonyl (C=O) groups is 2. The summed E-state index contributed by atoms with van der Waals surface area (Å²) >= 11 is 0. The average Bonchev–Trinajstić information content (AvgIpc) is 3.15. The summed E-state index contributed by atoms with van der Waals surface area (Å²) in [6, 6.07) is 0. The Hall–Kier alpha value is -2.60. The van der Waals surface area contributed by atoms with Crippen LogP contribution in [0.1, 0.15) is 142 Å². The average molecular weight is 749 g/mol. The number of hydrogen-bond donors (Lipinski definition) is 4. The fourth-order valence-corrected chi connectivity index (χ4v) is 5.69. The molecule has 304 valence electrons. The number of esters is 2. The van der Waals surface area contributed by atoms with Gasteiger partial charge in [0.25, 0.3) is 0 Å². The van der Waals surface area contributed by atoms with Crippen LogP contribution in [0.2, 0.25) is 0 Å². The molecule has 0 aromatic rings. The molecule has 10 nitrogen and oxygen atoms in total. The van der Waals surface area contributed by atoms with Gasteiger partial charge in [0.15, 0.2) is 12.4 Å². The Kier molecular flexibility index (Phi) is 31.0. The van der Waals surface area contributed by atoms with Crippen LogP contribution in [-0.2, 0) is 28.5 Å². The second-order valence-electron chi connectivity index (χ2n) is 13.7. The van der Waals surface area contributed by atoms with Gasteiger partial charge in [-0.1, -0.05) is 139 Å². The fourth-order valence-electron chi connectivity index (χ4n) is 5.69. The van der Waals surface area contributed by atoms with E-state index in [0.717, 1.165) is 57.8 Å². The minimum absolute atomic E-state index is 0.196. The molecular weight excluding hydrogens is 676 g/mol. The first-order valence-electron chi connectivity index (χ1n) is 20.4. The molecule has 6 atom stereocenters. The van der Waals surface area contributed by atoms with Crippen LogP contribution in [0.25, 0.3) is 0 Å². The van der Waals surface area contributed by atoms with Crippen LogP contribution in [-0.4, -0.2) is 89.0 Å². The third-order valence-corrected chi connectivity index (χ3v) is 8.92. The van der Waals surface area contributed by atoms with Gasteiger partial charge in [-0.2, -0.15) is 0 Å². The van der Waals surface area contributed by atoms with Crippen LogP contribution >= 0.6 is 0 Å². The normalized spacial score (nSPS) is 21.5. The number of aliphatic hydroxyl groups excluding tert-OH is 4. The van der Waals surface area contributed by atoms with Crippen molar-refractivity contribution in [2.75, 3.05) is 19.8 Å². The van der Waals surface area contributed by atoms with E-state index < -0.39 is 55.4 Å². The number of carbonyl (C=O) groups excluding carboxylic acids is 2. The molecule has 53 heavy (non-hydrogen) atoms. The molecule has 0 spiro atoms. The topological polar surface area (TPSA) is 152 Å². The number of hydrogen-bond acceptors (Lipinski definition) is 10. The van der Waals surface area contributed by atoms with Crippen LogP contribution in [0.3, 0.4) is 0 Å². The molecule has 1 rings (SSSR count).